The van der Waals surface area contributed by atoms with Crippen LogP contribution in [0.4, 0.5) is 10.6 Å². The summed E-state index contributed by atoms with van der Waals surface area (Å²) in [5, 5.41) is 10.9. The number of hydrogen-bond acceptors (Lipinski definition) is 5. The van der Waals surface area contributed by atoms with E-state index in [-0.39, 0.29) is 12.1 Å². The molecule has 2 aromatic heterocycles. The lowest BCUT2D eigenvalue weighted by Crippen LogP contribution is -2.45. The van der Waals surface area contributed by atoms with Crippen LogP contribution in [0.5, 0.6) is 0 Å². The van der Waals surface area contributed by atoms with Gasteiger partial charge in [0.25, 0.3) is 0 Å². The predicted octanol–water partition coefficient (Wildman–Crippen LogP) is 1.29. The number of nitrogens with one attached hydrogen (secondary N) is 1. The van der Waals surface area contributed by atoms with Crippen LogP contribution in [-0.2, 0) is 6.54 Å². The lowest BCUT2D eigenvalue weighted by molar-refractivity contribution is 0.162. The predicted molar refractivity (Wildman–Crippen MR) is 90.7 cm³/mol. The Bertz CT molecular complexity index is 671. The smallest absolute Gasteiger partial charge is 0.317 e. The lowest BCUT2D eigenvalue weighted by Gasteiger charge is -2.32. The van der Waals surface area contributed by atoms with Crippen molar-refractivity contribution in [3.05, 3.63) is 36.3 Å². The normalized spacial score (nSPS) is 17.6. The van der Waals surface area contributed by atoms with E-state index in [0.29, 0.717) is 13.1 Å². The Morgan fingerprint density at radius 1 is 1.42 bits per heavy atom. The van der Waals surface area contributed by atoms with Crippen LogP contribution in [0, 0.1) is 0 Å². The second-order valence-corrected chi connectivity index (χ2v) is 6.20. The molecule has 0 aliphatic carbocycles. The van der Waals surface area contributed by atoms with Crippen molar-refractivity contribution in [2.75, 3.05) is 32.1 Å². The molecule has 2 amide bonds. The van der Waals surface area contributed by atoms with Crippen molar-refractivity contribution in [3.63, 3.8) is 0 Å². The number of pyridine rings is 1. The maximum absolute atomic E-state index is 12.4. The SMILES string of the molecule is CN(C)c1cc(CNC(=O)N2CCCC(n3ccnn3)C2)ccn1. The molecule has 1 unspecified atom stereocenters. The van der Waals surface area contributed by atoms with Crippen LogP contribution in [-0.4, -0.2) is 58.1 Å². The van der Waals surface area contributed by atoms with Gasteiger partial charge in [-0.25, -0.2) is 14.5 Å². The van der Waals surface area contributed by atoms with Crippen molar-refractivity contribution < 1.29 is 4.79 Å². The van der Waals surface area contributed by atoms with E-state index in [4.69, 9.17) is 0 Å². The maximum Gasteiger partial charge on any atom is 0.317 e. The Kier molecular flexibility index (Phi) is 4.93. The molecule has 0 aromatic carbocycles. The van der Waals surface area contributed by atoms with Crippen molar-refractivity contribution in [3.8, 4) is 0 Å². The molecule has 8 nitrogen and oxygen atoms in total. The van der Waals surface area contributed by atoms with Gasteiger partial charge in [-0.2, -0.15) is 0 Å². The van der Waals surface area contributed by atoms with Crippen LogP contribution in [0.1, 0.15) is 24.4 Å². The van der Waals surface area contributed by atoms with Gasteiger partial charge in [-0.3, -0.25) is 0 Å². The summed E-state index contributed by atoms with van der Waals surface area (Å²) < 4.78 is 1.84. The lowest BCUT2D eigenvalue weighted by atomic mass is 10.1. The number of amides is 2. The molecule has 3 heterocycles. The van der Waals surface area contributed by atoms with Gasteiger partial charge in [0.2, 0.25) is 0 Å². The number of likely N-dealkylation sites (tertiary alicyclic amines) is 1. The van der Waals surface area contributed by atoms with Crippen molar-refractivity contribution in [2.45, 2.75) is 25.4 Å². The molecule has 1 fully saturated rings. The van der Waals surface area contributed by atoms with Gasteiger partial charge in [-0.1, -0.05) is 5.21 Å². The molecule has 1 aliphatic heterocycles. The fraction of sp³-hybridized carbons (Fsp3) is 0.500. The van der Waals surface area contributed by atoms with Crippen LogP contribution in [0.3, 0.4) is 0 Å². The van der Waals surface area contributed by atoms with Gasteiger partial charge in [0, 0.05) is 46.1 Å². The first kappa shape index (κ1) is 16.2. The summed E-state index contributed by atoms with van der Waals surface area (Å²) in [6.45, 7) is 1.93. The molecule has 2 aromatic rings. The zero-order valence-electron chi connectivity index (χ0n) is 14.1. The van der Waals surface area contributed by atoms with Gasteiger partial charge in [0.1, 0.15) is 5.82 Å². The molecule has 0 radical (unpaired) electrons. The molecular weight excluding hydrogens is 306 g/mol. The molecule has 8 heteroatoms. The number of aromatic nitrogens is 4. The molecular formula is C16H23N7O. The highest BCUT2D eigenvalue weighted by atomic mass is 16.2. The first-order valence-corrected chi connectivity index (χ1v) is 8.14. The first-order chi connectivity index (χ1) is 11.6. The topological polar surface area (TPSA) is 79.2 Å². The van der Waals surface area contributed by atoms with Gasteiger partial charge in [-0.05, 0) is 30.5 Å². The Morgan fingerprint density at radius 2 is 2.29 bits per heavy atom. The van der Waals surface area contributed by atoms with E-state index in [0.717, 1.165) is 30.8 Å². The van der Waals surface area contributed by atoms with E-state index in [9.17, 15) is 4.79 Å². The monoisotopic (exact) mass is 329 g/mol. The number of hydrogen-bond donors (Lipinski definition) is 1. The largest absolute Gasteiger partial charge is 0.363 e. The van der Waals surface area contributed by atoms with Crippen molar-refractivity contribution in [2.24, 2.45) is 0 Å². The summed E-state index contributed by atoms with van der Waals surface area (Å²) >= 11 is 0. The number of carbonyl (C=O) groups is 1. The molecule has 0 spiro atoms. The molecule has 1 N–H and O–H groups in total. The van der Waals surface area contributed by atoms with E-state index < -0.39 is 0 Å². The molecule has 1 saturated heterocycles. The van der Waals surface area contributed by atoms with E-state index in [1.165, 1.54) is 0 Å². The summed E-state index contributed by atoms with van der Waals surface area (Å²) in [7, 11) is 3.89. The average molecular weight is 329 g/mol. The molecule has 0 saturated carbocycles. The van der Waals surface area contributed by atoms with Crippen LogP contribution >= 0.6 is 0 Å². The zero-order valence-corrected chi connectivity index (χ0v) is 14.1. The summed E-state index contributed by atoms with van der Waals surface area (Å²) in [5.41, 5.74) is 1.03. The van der Waals surface area contributed by atoms with Crippen molar-refractivity contribution in [1.82, 2.24) is 30.2 Å². The van der Waals surface area contributed by atoms with Gasteiger partial charge >= 0.3 is 6.03 Å². The molecule has 24 heavy (non-hydrogen) atoms. The minimum atomic E-state index is -0.0389. The number of carbonyl (C=O) groups excluding carboxylic acids is 1. The van der Waals surface area contributed by atoms with Crippen molar-refractivity contribution >= 4 is 11.8 Å². The fourth-order valence-corrected chi connectivity index (χ4v) is 2.87. The molecule has 1 aliphatic rings. The van der Waals surface area contributed by atoms with Crippen molar-refractivity contribution in [1.29, 1.82) is 0 Å². The summed E-state index contributed by atoms with van der Waals surface area (Å²) in [4.78, 5) is 20.5. The van der Waals surface area contributed by atoms with Gasteiger partial charge in [-0.15, -0.1) is 5.10 Å². The van der Waals surface area contributed by atoms with E-state index in [1.807, 2.05) is 46.9 Å². The Balaban J connectivity index is 1.56. The summed E-state index contributed by atoms with van der Waals surface area (Å²) in [6, 6.07) is 4.06. The molecule has 3 rings (SSSR count). The quantitative estimate of drug-likeness (QED) is 0.914. The van der Waals surface area contributed by atoms with Crippen LogP contribution in [0.2, 0.25) is 0 Å². The van der Waals surface area contributed by atoms with E-state index >= 15 is 0 Å². The van der Waals surface area contributed by atoms with Crippen LogP contribution < -0.4 is 10.2 Å². The highest BCUT2D eigenvalue weighted by Gasteiger charge is 2.25. The standard InChI is InChI=1S/C16H23N7O/c1-21(2)15-10-13(5-6-17-15)11-18-16(24)22-8-3-4-14(12-22)23-9-7-19-20-23/h5-7,9-10,14H,3-4,8,11-12H2,1-2H3,(H,18,24). The van der Waals surface area contributed by atoms with Gasteiger partial charge in [0.05, 0.1) is 12.2 Å². The van der Waals surface area contributed by atoms with Crippen LogP contribution in [0.15, 0.2) is 30.7 Å². The van der Waals surface area contributed by atoms with Crippen LogP contribution in [0.25, 0.3) is 0 Å². The molecule has 128 valence electrons. The summed E-state index contributed by atoms with van der Waals surface area (Å²) in [6.07, 6.45) is 7.27. The maximum atomic E-state index is 12.4. The molecule has 1 atom stereocenters. The third-order valence-corrected chi connectivity index (χ3v) is 4.21. The highest BCUT2D eigenvalue weighted by molar-refractivity contribution is 5.74. The number of urea groups is 1. The Labute approximate surface area is 141 Å². The second-order valence-electron chi connectivity index (χ2n) is 6.20. The number of nitrogens with zero attached hydrogens (tertiary/aromatic N) is 6. The molecule has 0 bridgehead atoms. The Hall–Kier alpha value is -2.64. The number of rotatable bonds is 4. The Morgan fingerprint density at radius 3 is 3.04 bits per heavy atom. The van der Waals surface area contributed by atoms with E-state index in [2.05, 4.69) is 20.6 Å². The highest BCUT2D eigenvalue weighted by Crippen LogP contribution is 2.20. The average Bonchev–Trinajstić information content (AvgIpc) is 3.15. The zero-order chi connectivity index (χ0) is 16.9. The first-order valence-electron chi connectivity index (χ1n) is 8.14. The van der Waals surface area contributed by atoms with Gasteiger partial charge in [0.15, 0.2) is 0 Å². The third-order valence-electron chi connectivity index (χ3n) is 4.21. The fourth-order valence-electron chi connectivity index (χ4n) is 2.87. The minimum absolute atomic E-state index is 0.0389. The van der Waals surface area contributed by atoms with Gasteiger partial charge < -0.3 is 15.1 Å². The summed E-state index contributed by atoms with van der Waals surface area (Å²) in [5.74, 6) is 0.881. The van der Waals surface area contributed by atoms with E-state index in [1.54, 1.807) is 12.4 Å². The minimum Gasteiger partial charge on any atom is -0.363 e. The number of anilines is 1. The third kappa shape index (κ3) is 3.81. The number of piperidine rings is 1. The second kappa shape index (κ2) is 7.29.